The van der Waals surface area contributed by atoms with E-state index >= 15 is 0 Å². The normalized spacial score (nSPS) is 10.6. The summed E-state index contributed by atoms with van der Waals surface area (Å²) >= 11 is 0. The van der Waals surface area contributed by atoms with E-state index in [2.05, 4.69) is 10.5 Å². The molecule has 2 aromatic carbocycles. The summed E-state index contributed by atoms with van der Waals surface area (Å²) in [6.07, 6.45) is 1.50. The van der Waals surface area contributed by atoms with Gasteiger partial charge in [-0.25, -0.2) is 5.43 Å². The topological polar surface area (TPSA) is 69.2 Å². The van der Waals surface area contributed by atoms with Crippen LogP contribution in [0.4, 0.5) is 0 Å². The van der Waals surface area contributed by atoms with E-state index in [0.29, 0.717) is 17.1 Å². The smallest absolute Gasteiger partial charge is 0.277 e. The van der Waals surface area contributed by atoms with E-state index in [-0.39, 0.29) is 12.5 Å². The molecule has 0 spiro atoms. The number of carbonyl (C=O) groups excluding carboxylic acids is 1. The molecule has 0 radical (unpaired) electrons. The van der Waals surface area contributed by atoms with Crippen molar-refractivity contribution in [3.63, 3.8) is 0 Å². The Morgan fingerprint density at radius 1 is 1.04 bits per heavy atom. The molecule has 2 aromatic rings. The van der Waals surface area contributed by atoms with E-state index in [1.807, 2.05) is 44.2 Å². The average Bonchev–Trinajstić information content (AvgIpc) is 2.61. The maximum atomic E-state index is 11.9. The standard InChI is InChI=1S/C19H22N2O4/c1-13-7-5-8-14(2)18(13)25-12-17(22)21-20-11-15-9-6-10-16(23-3)19(15)24-4/h5-11H,12H2,1-4H3,(H,21,22)/b20-11+. The van der Waals surface area contributed by atoms with Crippen molar-refractivity contribution in [1.82, 2.24) is 5.43 Å². The maximum Gasteiger partial charge on any atom is 0.277 e. The Balaban J connectivity index is 1.95. The summed E-state index contributed by atoms with van der Waals surface area (Å²) in [5.41, 5.74) is 5.10. The number of hydrogen-bond acceptors (Lipinski definition) is 5. The molecule has 6 nitrogen and oxygen atoms in total. The summed E-state index contributed by atoms with van der Waals surface area (Å²) in [6, 6.07) is 11.2. The number of hydrogen-bond donors (Lipinski definition) is 1. The van der Waals surface area contributed by atoms with Crippen molar-refractivity contribution in [1.29, 1.82) is 0 Å². The Labute approximate surface area is 147 Å². The molecule has 0 aromatic heterocycles. The highest BCUT2D eigenvalue weighted by molar-refractivity contribution is 5.86. The third-order valence-corrected chi connectivity index (χ3v) is 3.58. The Morgan fingerprint density at radius 3 is 2.36 bits per heavy atom. The van der Waals surface area contributed by atoms with Crippen LogP contribution in [-0.2, 0) is 4.79 Å². The van der Waals surface area contributed by atoms with Crippen LogP contribution in [0.25, 0.3) is 0 Å². The minimum atomic E-state index is -0.347. The largest absolute Gasteiger partial charge is 0.493 e. The van der Waals surface area contributed by atoms with Gasteiger partial charge in [0.1, 0.15) is 5.75 Å². The summed E-state index contributed by atoms with van der Waals surface area (Å²) in [7, 11) is 3.11. The van der Waals surface area contributed by atoms with Gasteiger partial charge in [0.15, 0.2) is 18.1 Å². The van der Waals surface area contributed by atoms with E-state index in [9.17, 15) is 4.79 Å². The zero-order valence-electron chi connectivity index (χ0n) is 14.8. The second-order valence-corrected chi connectivity index (χ2v) is 5.39. The van der Waals surface area contributed by atoms with Crippen molar-refractivity contribution >= 4 is 12.1 Å². The number of amides is 1. The summed E-state index contributed by atoms with van der Waals surface area (Å²) in [5, 5.41) is 3.94. The molecule has 0 saturated heterocycles. The molecule has 0 aliphatic carbocycles. The van der Waals surface area contributed by atoms with Crippen LogP contribution in [0.2, 0.25) is 0 Å². The van der Waals surface area contributed by atoms with Crippen LogP contribution in [0, 0.1) is 13.8 Å². The lowest BCUT2D eigenvalue weighted by Gasteiger charge is -2.11. The highest BCUT2D eigenvalue weighted by Gasteiger charge is 2.08. The van der Waals surface area contributed by atoms with E-state index in [4.69, 9.17) is 14.2 Å². The fraction of sp³-hybridized carbons (Fsp3) is 0.263. The molecule has 0 aliphatic heterocycles. The number of para-hydroxylation sites is 2. The fourth-order valence-corrected chi connectivity index (χ4v) is 2.38. The Kier molecular flexibility index (Phi) is 6.39. The Morgan fingerprint density at radius 2 is 1.72 bits per heavy atom. The molecule has 0 atom stereocenters. The average molecular weight is 342 g/mol. The number of methoxy groups -OCH3 is 2. The minimum absolute atomic E-state index is 0.113. The lowest BCUT2D eigenvalue weighted by Crippen LogP contribution is -2.25. The number of aryl methyl sites for hydroxylation is 2. The van der Waals surface area contributed by atoms with E-state index < -0.39 is 0 Å². The first-order valence-corrected chi connectivity index (χ1v) is 7.78. The van der Waals surface area contributed by atoms with Crippen LogP contribution in [-0.4, -0.2) is 32.9 Å². The zero-order valence-corrected chi connectivity index (χ0v) is 14.8. The van der Waals surface area contributed by atoms with Crippen LogP contribution in [0.3, 0.4) is 0 Å². The summed E-state index contributed by atoms with van der Waals surface area (Å²) in [5.74, 6) is 1.52. The molecule has 0 fully saturated rings. The SMILES string of the molecule is COc1cccc(/C=N/NC(=O)COc2c(C)cccc2C)c1OC. The molecule has 0 saturated carbocycles. The van der Waals surface area contributed by atoms with Gasteiger partial charge in [-0.05, 0) is 37.1 Å². The van der Waals surface area contributed by atoms with Gasteiger partial charge in [0.05, 0.1) is 20.4 Å². The van der Waals surface area contributed by atoms with Crippen molar-refractivity contribution in [2.45, 2.75) is 13.8 Å². The van der Waals surface area contributed by atoms with E-state index in [0.717, 1.165) is 16.9 Å². The van der Waals surface area contributed by atoms with Crippen LogP contribution in [0.15, 0.2) is 41.5 Å². The van der Waals surface area contributed by atoms with Gasteiger partial charge in [0.25, 0.3) is 5.91 Å². The van der Waals surface area contributed by atoms with E-state index in [1.54, 1.807) is 20.3 Å². The number of nitrogens with zero attached hydrogens (tertiary/aromatic N) is 1. The molecular formula is C19H22N2O4. The zero-order chi connectivity index (χ0) is 18.2. The molecule has 0 aliphatic rings. The van der Waals surface area contributed by atoms with Gasteiger partial charge < -0.3 is 14.2 Å². The van der Waals surface area contributed by atoms with Crippen molar-refractivity contribution in [3.05, 3.63) is 53.1 Å². The van der Waals surface area contributed by atoms with Crippen molar-refractivity contribution in [2.75, 3.05) is 20.8 Å². The third kappa shape index (κ3) is 4.73. The lowest BCUT2D eigenvalue weighted by molar-refractivity contribution is -0.123. The van der Waals surface area contributed by atoms with Crippen LogP contribution >= 0.6 is 0 Å². The number of rotatable bonds is 7. The summed E-state index contributed by atoms with van der Waals surface area (Å²) in [6.45, 7) is 3.76. The molecule has 0 bridgehead atoms. The number of nitrogens with one attached hydrogen (secondary N) is 1. The van der Waals surface area contributed by atoms with Crippen molar-refractivity contribution < 1.29 is 19.0 Å². The molecule has 2 rings (SSSR count). The second-order valence-electron chi connectivity index (χ2n) is 5.39. The monoisotopic (exact) mass is 342 g/mol. The Bertz CT molecular complexity index is 752. The third-order valence-electron chi connectivity index (χ3n) is 3.58. The van der Waals surface area contributed by atoms with Crippen LogP contribution in [0.1, 0.15) is 16.7 Å². The molecular weight excluding hydrogens is 320 g/mol. The van der Waals surface area contributed by atoms with Gasteiger partial charge in [0.2, 0.25) is 0 Å². The molecule has 25 heavy (non-hydrogen) atoms. The van der Waals surface area contributed by atoms with E-state index in [1.165, 1.54) is 6.21 Å². The Hall–Kier alpha value is -3.02. The molecule has 1 amide bonds. The van der Waals surface area contributed by atoms with Crippen molar-refractivity contribution in [2.24, 2.45) is 5.10 Å². The van der Waals surface area contributed by atoms with Gasteiger partial charge in [-0.1, -0.05) is 24.3 Å². The van der Waals surface area contributed by atoms with Gasteiger partial charge in [0, 0.05) is 5.56 Å². The number of carbonyl (C=O) groups is 1. The summed E-state index contributed by atoms with van der Waals surface area (Å²) < 4.78 is 16.1. The lowest BCUT2D eigenvalue weighted by atomic mass is 10.1. The number of benzene rings is 2. The fourth-order valence-electron chi connectivity index (χ4n) is 2.38. The first-order valence-electron chi connectivity index (χ1n) is 7.78. The number of ether oxygens (including phenoxy) is 3. The quantitative estimate of drug-likeness (QED) is 0.620. The first-order chi connectivity index (χ1) is 12.1. The van der Waals surface area contributed by atoms with Gasteiger partial charge in [-0.2, -0.15) is 5.10 Å². The molecule has 0 unspecified atom stereocenters. The number of hydrazone groups is 1. The minimum Gasteiger partial charge on any atom is -0.493 e. The van der Waals surface area contributed by atoms with Gasteiger partial charge >= 0.3 is 0 Å². The molecule has 6 heteroatoms. The van der Waals surface area contributed by atoms with Crippen molar-refractivity contribution in [3.8, 4) is 17.2 Å². The maximum absolute atomic E-state index is 11.9. The first kappa shape index (κ1) is 18.3. The van der Waals surface area contributed by atoms with Crippen LogP contribution < -0.4 is 19.6 Å². The highest BCUT2D eigenvalue weighted by Crippen LogP contribution is 2.29. The summed E-state index contributed by atoms with van der Waals surface area (Å²) in [4.78, 5) is 11.9. The highest BCUT2D eigenvalue weighted by atomic mass is 16.5. The predicted molar refractivity (Wildman–Crippen MR) is 96.7 cm³/mol. The van der Waals surface area contributed by atoms with Gasteiger partial charge in [-0.15, -0.1) is 0 Å². The van der Waals surface area contributed by atoms with Crippen LogP contribution in [0.5, 0.6) is 17.2 Å². The predicted octanol–water partition coefficient (Wildman–Crippen LogP) is 2.85. The van der Waals surface area contributed by atoms with Gasteiger partial charge in [-0.3, -0.25) is 4.79 Å². The molecule has 0 heterocycles. The molecule has 132 valence electrons. The second kappa shape index (κ2) is 8.73. The molecule has 1 N–H and O–H groups in total.